The first-order chi connectivity index (χ1) is 9.65. The van der Waals surface area contributed by atoms with Gasteiger partial charge in [-0.1, -0.05) is 18.2 Å². The van der Waals surface area contributed by atoms with Gasteiger partial charge in [0.25, 0.3) is 0 Å². The highest BCUT2D eigenvalue weighted by Crippen LogP contribution is 2.27. The second-order valence-electron chi connectivity index (χ2n) is 4.41. The van der Waals surface area contributed by atoms with Crippen molar-refractivity contribution in [3.05, 3.63) is 63.6 Å². The highest BCUT2D eigenvalue weighted by Gasteiger charge is 2.10. The lowest BCUT2D eigenvalue weighted by Gasteiger charge is -2.21. The molecule has 0 radical (unpaired) electrons. The smallest absolute Gasteiger partial charge is 0.103 e. The fraction of sp³-hybridized carbons (Fsp3) is 0.125. The molecule has 98 valence electrons. The van der Waals surface area contributed by atoms with Crippen molar-refractivity contribution in [1.29, 1.82) is 10.5 Å². The molecule has 0 N–H and O–H groups in total. The molecule has 0 saturated heterocycles. The second-order valence-corrected chi connectivity index (χ2v) is 5.27. The summed E-state index contributed by atoms with van der Waals surface area (Å²) in [6, 6.07) is 17.5. The van der Waals surface area contributed by atoms with Gasteiger partial charge >= 0.3 is 0 Å². The molecule has 0 fully saturated rings. The molecule has 0 bridgehead atoms. The number of hydrogen-bond acceptors (Lipinski definition) is 3. The SMILES string of the molecule is CN(Cc1cccc(C#N)c1)c1cccc(Br)c1C#N. The van der Waals surface area contributed by atoms with Gasteiger partial charge in [-0.05, 0) is 45.8 Å². The number of anilines is 1. The lowest BCUT2D eigenvalue weighted by molar-refractivity contribution is 0.919. The van der Waals surface area contributed by atoms with Crippen LogP contribution in [0.2, 0.25) is 0 Å². The Morgan fingerprint density at radius 2 is 1.85 bits per heavy atom. The molecule has 0 aliphatic rings. The molecule has 2 rings (SSSR count). The van der Waals surface area contributed by atoms with Gasteiger partial charge in [-0.25, -0.2) is 0 Å². The molecule has 0 aromatic heterocycles. The van der Waals surface area contributed by atoms with Gasteiger partial charge in [0.15, 0.2) is 0 Å². The molecule has 0 atom stereocenters. The number of nitrogens with zero attached hydrogens (tertiary/aromatic N) is 3. The summed E-state index contributed by atoms with van der Waals surface area (Å²) < 4.78 is 0.787. The van der Waals surface area contributed by atoms with Crippen molar-refractivity contribution in [2.24, 2.45) is 0 Å². The van der Waals surface area contributed by atoms with E-state index < -0.39 is 0 Å². The lowest BCUT2D eigenvalue weighted by Crippen LogP contribution is -2.17. The van der Waals surface area contributed by atoms with E-state index in [4.69, 9.17) is 5.26 Å². The summed E-state index contributed by atoms with van der Waals surface area (Å²) in [6.45, 7) is 0.640. The minimum Gasteiger partial charge on any atom is -0.369 e. The number of hydrogen-bond donors (Lipinski definition) is 0. The van der Waals surface area contributed by atoms with Crippen LogP contribution >= 0.6 is 15.9 Å². The van der Waals surface area contributed by atoms with Gasteiger partial charge in [0.05, 0.1) is 22.9 Å². The first-order valence-electron chi connectivity index (χ1n) is 6.04. The summed E-state index contributed by atoms with van der Waals surface area (Å²) >= 11 is 3.39. The van der Waals surface area contributed by atoms with Gasteiger partial charge in [-0.3, -0.25) is 0 Å². The average Bonchev–Trinajstić information content (AvgIpc) is 2.47. The molecule has 0 unspecified atom stereocenters. The summed E-state index contributed by atoms with van der Waals surface area (Å²) in [5, 5.41) is 18.2. The number of benzene rings is 2. The molecule has 3 nitrogen and oxygen atoms in total. The van der Waals surface area contributed by atoms with E-state index in [1.807, 2.05) is 48.3 Å². The fourth-order valence-corrected chi connectivity index (χ4v) is 2.48. The Labute approximate surface area is 126 Å². The van der Waals surface area contributed by atoms with Gasteiger partial charge in [0.2, 0.25) is 0 Å². The van der Waals surface area contributed by atoms with E-state index in [1.165, 1.54) is 0 Å². The van der Waals surface area contributed by atoms with Crippen molar-refractivity contribution in [3.63, 3.8) is 0 Å². The topological polar surface area (TPSA) is 50.8 Å². The third-order valence-corrected chi connectivity index (χ3v) is 3.65. The van der Waals surface area contributed by atoms with Crippen molar-refractivity contribution in [2.45, 2.75) is 6.54 Å². The molecule has 0 saturated carbocycles. The summed E-state index contributed by atoms with van der Waals surface area (Å²) in [6.07, 6.45) is 0. The molecule has 4 heteroatoms. The Morgan fingerprint density at radius 1 is 1.10 bits per heavy atom. The maximum absolute atomic E-state index is 9.25. The van der Waals surface area contributed by atoms with Gasteiger partial charge < -0.3 is 4.90 Å². The van der Waals surface area contributed by atoms with E-state index >= 15 is 0 Å². The summed E-state index contributed by atoms with van der Waals surface area (Å²) in [4.78, 5) is 2.00. The maximum Gasteiger partial charge on any atom is 0.103 e. The van der Waals surface area contributed by atoms with Crippen molar-refractivity contribution >= 4 is 21.6 Å². The zero-order valence-electron chi connectivity index (χ0n) is 11.0. The second kappa shape index (κ2) is 6.23. The monoisotopic (exact) mass is 325 g/mol. The number of rotatable bonds is 3. The van der Waals surface area contributed by atoms with Crippen LogP contribution in [0.25, 0.3) is 0 Å². The Morgan fingerprint density at radius 3 is 2.55 bits per heavy atom. The van der Waals surface area contributed by atoms with Crippen LogP contribution in [0.5, 0.6) is 0 Å². The van der Waals surface area contributed by atoms with Crippen LogP contribution in [0.15, 0.2) is 46.9 Å². The molecule has 0 spiro atoms. The van der Waals surface area contributed by atoms with Crippen LogP contribution in [-0.4, -0.2) is 7.05 Å². The zero-order valence-corrected chi connectivity index (χ0v) is 12.6. The Balaban J connectivity index is 2.29. The normalized spacial score (nSPS) is 9.60. The fourth-order valence-electron chi connectivity index (χ4n) is 2.04. The predicted octanol–water partition coefficient (Wildman–Crippen LogP) is 3.83. The van der Waals surface area contributed by atoms with Crippen molar-refractivity contribution in [1.82, 2.24) is 0 Å². The molecular formula is C16H12BrN3. The van der Waals surface area contributed by atoms with Crippen LogP contribution in [-0.2, 0) is 6.54 Å². The summed E-state index contributed by atoms with van der Waals surface area (Å²) in [7, 11) is 1.93. The van der Waals surface area contributed by atoms with E-state index in [-0.39, 0.29) is 0 Å². The predicted molar refractivity (Wildman–Crippen MR) is 82.1 cm³/mol. The van der Waals surface area contributed by atoms with Crippen LogP contribution < -0.4 is 4.90 Å². The first kappa shape index (κ1) is 14.1. The largest absolute Gasteiger partial charge is 0.369 e. The van der Waals surface area contributed by atoms with E-state index in [2.05, 4.69) is 28.1 Å². The van der Waals surface area contributed by atoms with Crippen LogP contribution in [0.1, 0.15) is 16.7 Å². The Bertz CT molecular complexity index is 710. The van der Waals surface area contributed by atoms with Gasteiger partial charge in [-0.2, -0.15) is 10.5 Å². The van der Waals surface area contributed by atoms with Crippen molar-refractivity contribution in [3.8, 4) is 12.1 Å². The van der Waals surface area contributed by atoms with Gasteiger partial charge in [0, 0.05) is 18.1 Å². The quantitative estimate of drug-likeness (QED) is 0.861. The molecule has 0 amide bonds. The minimum atomic E-state index is 0.617. The van der Waals surface area contributed by atoms with Crippen LogP contribution in [0, 0.1) is 22.7 Å². The van der Waals surface area contributed by atoms with Crippen molar-refractivity contribution < 1.29 is 0 Å². The summed E-state index contributed by atoms with van der Waals surface area (Å²) in [5.41, 5.74) is 3.16. The standard InChI is InChI=1S/C16H12BrN3/c1-20(11-13-5-2-4-12(8-13)9-18)16-7-3-6-15(17)14(16)10-19/h2-8H,11H2,1H3. The van der Waals surface area contributed by atoms with Gasteiger partial charge in [-0.15, -0.1) is 0 Å². The Hall–Kier alpha value is -2.30. The summed E-state index contributed by atoms with van der Waals surface area (Å²) in [5.74, 6) is 0. The van der Waals surface area contributed by atoms with E-state index in [0.29, 0.717) is 17.7 Å². The third-order valence-electron chi connectivity index (χ3n) is 2.99. The molecule has 0 heterocycles. The lowest BCUT2D eigenvalue weighted by atomic mass is 10.1. The molecule has 2 aromatic rings. The molecule has 0 aliphatic carbocycles. The molecule has 2 aromatic carbocycles. The van der Waals surface area contributed by atoms with Crippen LogP contribution in [0.3, 0.4) is 0 Å². The van der Waals surface area contributed by atoms with E-state index in [0.717, 1.165) is 15.7 Å². The third kappa shape index (κ3) is 2.99. The minimum absolute atomic E-state index is 0.617. The van der Waals surface area contributed by atoms with Crippen LogP contribution in [0.4, 0.5) is 5.69 Å². The highest BCUT2D eigenvalue weighted by molar-refractivity contribution is 9.10. The van der Waals surface area contributed by atoms with Crippen molar-refractivity contribution in [2.75, 3.05) is 11.9 Å². The number of nitriles is 2. The first-order valence-corrected chi connectivity index (χ1v) is 6.84. The Kier molecular flexibility index (Phi) is 4.40. The number of halogens is 1. The highest BCUT2D eigenvalue weighted by atomic mass is 79.9. The molecule has 20 heavy (non-hydrogen) atoms. The van der Waals surface area contributed by atoms with E-state index in [1.54, 1.807) is 6.07 Å². The van der Waals surface area contributed by atoms with E-state index in [9.17, 15) is 5.26 Å². The van der Waals surface area contributed by atoms with Gasteiger partial charge in [0.1, 0.15) is 6.07 Å². The maximum atomic E-state index is 9.25. The zero-order chi connectivity index (χ0) is 14.5. The molecular weight excluding hydrogens is 314 g/mol. The average molecular weight is 326 g/mol. The molecule has 0 aliphatic heterocycles.